The molecule has 0 spiro atoms. The van der Waals surface area contributed by atoms with Crippen LogP contribution in [-0.4, -0.2) is 40.5 Å². The monoisotopic (exact) mass is 320 g/mol. The van der Waals surface area contributed by atoms with Gasteiger partial charge < -0.3 is 10.1 Å². The van der Waals surface area contributed by atoms with Crippen LogP contribution in [0, 0.1) is 0 Å². The highest BCUT2D eigenvalue weighted by atomic mass is 35.5. The molecule has 1 N–H and O–H groups in total. The van der Waals surface area contributed by atoms with Gasteiger partial charge in [0, 0.05) is 31.2 Å². The van der Waals surface area contributed by atoms with Gasteiger partial charge in [0.15, 0.2) is 0 Å². The van der Waals surface area contributed by atoms with E-state index in [0.29, 0.717) is 17.3 Å². The maximum absolute atomic E-state index is 12.3. The van der Waals surface area contributed by atoms with Crippen molar-refractivity contribution in [3.8, 4) is 5.75 Å². The highest BCUT2D eigenvalue weighted by Gasteiger charge is 2.25. The molecular weight excluding hydrogens is 300 g/mol. The first-order chi connectivity index (χ1) is 9.34. The van der Waals surface area contributed by atoms with Gasteiger partial charge in [-0.05, 0) is 25.1 Å². The normalized spacial score (nSPS) is 11.9. The molecule has 7 heteroatoms. The van der Waals surface area contributed by atoms with E-state index in [1.54, 1.807) is 6.07 Å². The second-order valence-electron chi connectivity index (χ2n) is 4.56. The van der Waals surface area contributed by atoms with E-state index in [2.05, 4.69) is 12.2 Å². The first kappa shape index (κ1) is 17.2. The Hall–Kier alpha value is -0.820. The Morgan fingerprint density at radius 3 is 2.50 bits per heavy atom. The van der Waals surface area contributed by atoms with Gasteiger partial charge in [-0.2, -0.15) is 0 Å². The summed E-state index contributed by atoms with van der Waals surface area (Å²) in [6.45, 7) is 3.41. The summed E-state index contributed by atoms with van der Waals surface area (Å²) in [5.74, 6) is 0.340. The Labute approximate surface area is 125 Å². The number of hydrogen-bond donors (Lipinski definition) is 1. The molecule has 0 fully saturated rings. The van der Waals surface area contributed by atoms with Crippen LogP contribution < -0.4 is 10.1 Å². The minimum atomic E-state index is -3.60. The summed E-state index contributed by atoms with van der Waals surface area (Å²) in [6.07, 6.45) is 0.992. The molecule has 0 atom stereocenters. The Kier molecular flexibility index (Phi) is 6.26. The first-order valence-electron chi connectivity index (χ1n) is 6.34. The standard InChI is InChI=1S/C13H21ClN2O3S/c1-5-6-15-9-10-7-11(14)8-12(13(10)19-4)20(17,18)16(2)3/h7-8,15H,5-6,9H2,1-4H3. The number of methoxy groups -OCH3 is 1. The maximum Gasteiger partial charge on any atom is 0.246 e. The van der Waals surface area contributed by atoms with Crippen molar-refractivity contribution in [3.63, 3.8) is 0 Å². The lowest BCUT2D eigenvalue weighted by molar-refractivity contribution is 0.393. The third kappa shape index (κ3) is 3.85. The fraction of sp³-hybridized carbons (Fsp3) is 0.538. The van der Waals surface area contributed by atoms with Crippen LogP contribution in [-0.2, 0) is 16.6 Å². The van der Waals surface area contributed by atoms with Crippen molar-refractivity contribution < 1.29 is 13.2 Å². The molecule has 20 heavy (non-hydrogen) atoms. The Morgan fingerprint density at radius 1 is 1.35 bits per heavy atom. The van der Waals surface area contributed by atoms with Gasteiger partial charge in [0.1, 0.15) is 10.6 Å². The third-order valence-electron chi connectivity index (χ3n) is 2.80. The van der Waals surface area contributed by atoms with Crippen molar-refractivity contribution in [2.45, 2.75) is 24.8 Å². The largest absolute Gasteiger partial charge is 0.495 e. The molecule has 0 bridgehead atoms. The van der Waals surface area contributed by atoms with Crippen LogP contribution in [0.2, 0.25) is 5.02 Å². The molecule has 1 rings (SSSR count). The van der Waals surface area contributed by atoms with E-state index in [1.165, 1.54) is 27.3 Å². The predicted octanol–water partition coefficient (Wildman–Crippen LogP) is 2.10. The maximum atomic E-state index is 12.3. The van der Waals surface area contributed by atoms with Crippen molar-refractivity contribution in [2.75, 3.05) is 27.7 Å². The SMILES string of the molecule is CCCNCc1cc(Cl)cc(S(=O)(=O)N(C)C)c1OC. The zero-order valence-electron chi connectivity index (χ0n) is 12.2. The van der Waals surface area contributed by atoms with Crippen molar-refractivity contribution in [3.05, 3.63) is 22.7 Å². The molecule has 0 aliphatic rings. The van der Waals surface area contributed by atoms with Gasteiger partial charge in [0.05, 0.1) is 7.11 Å². The van der Waals surface area contributed by atoms with Crippen molar-refractivity contribution in [1.29, 1.82) is 0 Å². The van der Waals surface area contributed by atoms with E-state index < -0.39 is 10.0 Å². The molecule has 0 unspecified atom stereocenters. The summed E-state index contributed by atoms with van der Waals surface area (Å²) in [5.41, 5.74) is 0.730. The average molecular weight is 321 g/mol. The smallest absolute Gasteiger partial charge is 0.246 e. The number of halogens is 1. The summed E-state index contributed by atoms with van der Waals surface area (Å²) in [4.78, 5) is 0.0887. The summed E-state index contributed by atoms with van der Waals surface area (Å²) < 4.78 is 31.1. The molecule has 1 aromatic carbocycles. The number of nitrogens with zero attached hydrogens (tertiary/aromatic N) is 1. The topological polar surface area (TPSA) is 58.6 Å². The highest BCUT2D eigenvalue weighted by Crippen LogP contribution is 2.33. The van der Waals surface area contributed by atoms with Crippen molar-refractivity contribution >= 4 is 21.6 Å². The minimum Gasteiger partial charge on any atom is -0.495 e. The molecule has 0 aliphatic heterocycles. The zero-order chi connectivity index (χ0) is 15.3. The van der Waals surface area contributed by atoms with Gasteiger partial charge in [-0.3, -0.25) is 0 Å². The molecule has 0 heterocycles. The molecular formula is C13H21ClN2O3S. The highest BCUT2D eigenvalue weighted by molar-refractivity contribution is 7.89. The van der Waals surface area contributed by atoms with Gasteiger partial charge in [-0.15, -0.1) is 0 Å². The zero-order valence-corrected chi connectivity index (χ0v) is 13.8. The van der Waals surface area contributed by atoms with Gasteiger partial charge in [0.25, 0.3) is 0 Å². The van der Waals surface area contributed by atoms with Gasteiger partial charge >= 0.3 is 0 Å². The van der Waals surface area contributed by atoms with E-state index in [1.807, 2.05) is 0 Å². The fourth-order valence-electron chi connectivity index (χ4n) is 1.77. The number of nitrogens with one attached hydrogen (secondary N) is 1. The lowest BCUT2D eigenvalue weighted by Gasteiger charge is -2.18. The van der Waals surface area contributed by atoms with E-state index in [0.717, 1.165) is 22.8 Å². The van der Waals surface area contributed by atoms with Crippen LogP contribution in [0.4, 0.5) is 0 Å². The van der Waals surface area contributed by atoms with Crippen LogP contribution in [0.15, 0.2) is 17.0 Å². The fourth-order valence-corrected chi connectivity index (χ4v) is 3.20. The molecule has 1 aromatic rings. The number of ether oxygens (including phenoxy) is 1. The van der Waals surface area contributed by atoms with E-state index in [4.69, 9.17) is 16.3 Å². The van der Waals surface area contributed by atoms with Crippen molar-refractivity contribution in [2.24, 2.45) is 0 Å². The van der Waals surface area contributed by atoms with Crippen LogP contribution >= 0.6 is 11.6 Å². The Balaban J connectivity index is 3.31. The van der Waals surface area contributed by atoms with Crippen molar-refractivity contribution in [1.82, 2.24) is 9.62 Å². The second kappa shape index (κ2) is 7.26. The molecule has 0 saturated carbocycles. The summed E-state index contributed by atoms with van der Waals surface area (Å²) in [6, 6.07) is 3.14. The first-order valence-corrected chi connectivity index (χ1v) is 8.16. The van der Waals surface area contributed by atoms with Crippen LogP contribution in [0.5, 0.6) is 5.75 Å². The predicted molar refractivity (Wildman–Crippen MR) is 80.9 cm³/mol. The van der Waals surface area contributed by atoms with Crippen LogP contribution in [0.25, 0.3) is 0 Å². The van der Waals surface area contributed by atoms with Gasteiger partial charge in [0.2, 0.25) is 10.0 Å². The number of hydrogen-bond acceptors (Lipinski definition) is 4. The Bertz CT molecular complexity index is 559. The van der Waals surface area contributed by atoms with Gasteiger partial charge in [-0.1, -0.05) is 18.5 Å². The second-order valence-corrected chi connectivity index (χ2v) is 7.12. The molecule has 0 aliphatic carbocycles. The quantitative estimate of drug-likeness (QED) is 0.782. The average Bonchev–Trinajstić information content (AvgIpc) is 2.38. The number of benzene rings is 1. The molecule has 0 amide bonds. The molecule has 5 nitrogen and oxygen atoms in total. The van der Waals surface area contributed by atoms with Crippen LogP contribution in [0.3, 0.4) is 0 Å². The van der Waals surface area contributed by atoms with E-state index in [9.17, 15) is 8.42 Å². The third-order valence-corrected chi connectivity index (χ3v) is 4.84. The summed E-state index contributed by atoms with van der Waals surface area (Å²) in [7, 11) is 0.814. The molecule has 114 valence electrons. The lowest BCUT2D eigenvalue weighted by Crippen LogP contribution is -2.23. The Morgan fingerprint density at radius 2 is 2.00 bits per heavy atom. The lowest BCUT2D eigenvalue weighted by atomic mass is 10.2. The van der Waals surface area contributed by atoms with Crippen LogP contribution in [0.1, 0.15) is 18.9 Å². The number of sulfonamides is 1. The number of rotatable bonds is 7. The summed E-state index contributed by atoms with van der Waals surface area (Å²) >= 11 is 6.04. The van der Waals surface area contributed by atoms with E-state index in [-0.39, 0.29) is 4.90 Å². The molecule has 0 aromatic heterocycles. The minimum absolute atomic E-state index is 0.0887. The summed E-state index contributed by atoms with van der Waals surface area (Å²) in [5, 5.41) is 3.59. The van der Waals surface area contributed by atoms with Gasteiger partial charge in [-0.25, -0.2) is 12.7 Å². The van der Waals surface area contributed by atoms with E-state index >= 15 is 0 Å². The molecule has 0 radical (unpaired) electrons. The molecule has 0 saturated heterocycles.